The predicted octanol–water partition coefficient (Wildman–Crippen LogP) is 5.34. The SMILES string of the molecule is c1ccc(CCN2CCC3C(C2)c2cccc4c2N3c2ccccc2CC4)cc1. The zero-order chi connectivity index (χ0) is 19.2. The van der Waals surface area contributed by atoms with E-state index in [1.165, 1.54) is 48.6 Å². The van der Waals surface area contributed by atoms with E-state index in [1.807, 2.05) is 0 Å². The number of para-hydroxylation sites is 2. The molecule has 3 aliphatic heterocycles. The van der Waals surface area contributed by atoms with Crippen LogP contribution < -0.4 is 4.90 Å². The van der Waals surface area contributed by atoms with Crippen molar-refractivity contribution in [1.82, 2.24) is 4.90 Å². The third-order valence-electron chi connectivity index (χ3n) is 7.26. The van der Waals surface area contributed by atoms with Crippen molar-refractivity contribution >= 4 is 11.4 Å². The molecule has 1 saturated heterocycles. The third kappa shape index (κ3) is 2.89. The molecule has 3 heterocycles. The Bertz CT molecular complexity index is 1030. The molecule has 0 amide bonds. The fourth-order valence-electron chi connectivity index (χ4n) is 5.85. The van der Waals surface area contributed by atoms with E-state index in [1.54, 1.807) is 11.1 Å². The Labute approximate surface area is 173 Å². The number of anilines is 2. The van der Waals surface area contributed by atoms with Crippen LogP contribution in [0.3, 0.4) is 0 Å². The van der Waals surface area contributed by atoms with E-state index in [2.05, 4.69) is 82.6 Å². The average molecular weight is 381 g/mol. The van der Waals surface area contributed by atoms with Crippen molar-refractivity contribution in [1.29, 1.82) is 0 Å². The Morgan fingerprint density at radius 3 is 2.52 bits per heavy atom. The Balaban J connectivity index is 1.31. The van der Waals surface area contributed by atoms with Gasteiger partial charge >= 0.3 is 0 Å². The van der Waals surface area contributed by atoms with Gasteiger partial charge in [-0.15, -0.1) is 0 Å². The monoisotopic (exact) mass is 380 g/mol. The number of piperidine rings is 1. The molecule has 0 spiro atoms. The Kier molecular flexibility index (Phi) is 4.19. The Morgan fingerprint density at radius 2 is 1.59 bits per heavy atom. The van der Waals surface area contributed by atoms with Gasteiger partial charge in [0.15, 0.2) is 0 Å². The number of aryl methyl sites for hydroxylation is 2. The highest BCUT2D eigenvalue weighted by molar-refractivity contribution is 5.79. The topological polar surface area (TPSA) is 6.48 Å². The summed E-state index contributed by atoms with van der Waals surface area (Å²) >= 11 is 0. The summed E-state index contributed by atoms with van der Waals surface area (Å²) in [6.45, 7) is 3.56. The van der Waals surface area contributed by atoms with Crippen LogP contribution in [0.25, 0.3) is 0 Å². The zero-order valence-corrected chi connectivity index (χ0v) is 16.9. The number of nitrogens with zero attached hydrogens (tertiary/aromatic N) is 2. The minimum atomic E-state index is 0.610. The summed E-state index contributed by atoms with van der Waals surface area (Å²) in [5.74, 6) is 0.626. The summed E-state index contributed by atoms with van der Waals surface area (Å²) in [5.41, 5.74) is 9.11. The van der Waals surface area contributed by atoms with Gasteiger partial charge in [-0.1, -0.05) is 66.7 Å². The normalized spacial score (nSPS) is 22.6. The maximum absolute atomic E-state index is 2.73. The van der Waals surface area contributed by atoms with Crippen molar-refractivity contribution in [2.45, 2.75) is 37.6 Å². The fourth-order valence-corrected chi connectivity index (χ4v) is 5.85. The summed E-state index contributed by atoms with van der Waals surface area (Å²) in [6, 6.07) is 27.7. The molecule has 0 aromatic heterocycles. The molecule has 0 radical (unpaired) electrons. The Morgan fingerprint density at radius 1 is 0.793 bits per heavy atom. The van der Waals surface area contributed by atoms with Crippen molar-refractivity contribution in [2.75, 3.05) is 24.5 Å². The minimum absolute atomic E-state index is 0.610. The first-order valence-corrected chi connectivity index (χ1v) is 11.1. The fraction of sp³-hybridized carbons (Fsp3) is 0.333. The lowest BCUT2D eigenvalue weighted by Crippen LogP contribution is -2.45. The van der Waals surface area contributed by atoms with E-state index in [0.29, 0.717) is 12.0 Å². The summed E-state index contributed by atoms with van der Waals surface area (Å²) in [4.78, 5) is 5.43. The van der Waals surface area contributed by atoms with E-state index in [0.717, 1.165) is 19.3 Å². The van der Waals surface area contributed by atoms with Gasteiger partial charge in [0.1, 0.15) is 0 Å². The maximum Gasteiger partial charge on any atom is 0.0483 e. The van der Waals surface area contributed by atoms with E-state index in [9.17, 15) is 0 Å². The van der Waals surface area contributed by atoms with Crippen LogP contribution in [0.4, 0.5) is 11.4 Å². The summed E-state index contributed by atoms with van der Waals surface area (Å²) in [7, 11) is 0. The van der Waals surface area contributed by atoms with Crippen LogP contribution in [-0.4, -0.2) is 30.6 Å². The highest BCUT2D eigenvalue weighted by Crippen LogP contribution is 2.52. The summed E-state index contributed by atoms with van der Waals surface area (Å²) < 4.78 is 0. The van der Waals surface area contributed by atoms with Gasteiger partial charge in [-0.3, -0.25) is 0 Å². The molecular formula is C27H28N2. The predicted molar refractivity (Wildman–Crippen MR) is 120 cm³/mol. The van der Waals surface area contributed by atoms with Crippen LogP contribution >= 0.6 is 0 Å². The minimum Gasteiger partial charge on any atom is -0.337 e. The molecule has 3 aliphatic rings. The molecule has 3 aromatic rings. The van der Waals surface area contributed by atoms with Crippen LogP contribution in [0.2, 0.25) is 0 Å². The standard InChI is InChI=1S/C27H28N2/c1-2-7-20(8-3-1)15-17-28-18-16-26-24(19-28)23-11-6-10-22-14-13-21-9-4-5-12-25(21)29(26)27(22)23/h1-12,24,26H,13-19H2. The summed E-state index contributed by atoms with van der Waals surface area (Å²) in [6.07, 6.45) is 4.72. The second-order valence-corrected chi connectivity index (χ2v) is 8.85. The van der Waals surface area contributed by atoms with E-state index in [-0.39, 0.29) is 0 Å². The molecule has 1 fully saturated rings. The molecule has 2 atom stereocenters. The number of hydrogen-bond donors (Lipinski definition) is 0. The van der Waals surface area contributed by atoms with Gasteiger partial charge in [0.25, 0.3) is 0 Å². The molecule has 0 saturated carbocycles. The van der Waals surface area contributed by atoms with Gasteiger partial charge in [0.2, 0.25) is 0 Å². The number of hydrogen-bond acceptors (Lipinski definition) is 2. The first-order valence-electron chi connectivity index (χ1n) is 11.1. The lowest BCUT2D eigenvalue weighted by atomic mass is 9.87. The van der Waals surface area contributed by atoms with E-state index < -0.39 is 0 Å². The molecule has 2 heteroatoms. The van der Waals surface area contributed by atoms with Crippen molar-refractivity contribution in [2.24, 2.45) is 0 Å². The van der Waals surface area contributed by atoms with Gasteiger partial charge in [0.05, 0.1) is 0 Å². The molecule has 29 heavy (non-hydrogen) atoms. The molecule has 0 N–H and O–H groups in total. The molecular weight excluding hydrogens is 352 g/mol. The van der Waals surface area contributed by atoms with Gasteiger partial charge in [-0.25, -0.2) is 0 Å². The number of benzene rings is 3. The molecule has 146 valence electrons. The van der Waals surface area contributed by atoms with Crippen LogP contribution in [0, 0.1) is 0 Å². The molecule has 0 bridgehead atoms. The highest BCUT2D eigenvalue weighted by Gasteiger charge is 2.44. The van der Waals surface area contributed by atoms with Gasteiger partial charge in [0, 0.05) is 43.0 Å². The lowest BCUT2D eigenvalue weighted by Gasteiger charge is -2.39. The van der Waals surface area contributed by atoms with Gasteiger partial charge in [-0.05, 0) is 54.0 Å². The second-order valence-electron chi connectivity index (χ2n) is 8.85. The van der Waals surface area contributed by atoms with Gasteiger partial charge < -0.3 is 9.80 Å². The second kappa shape index (κ2) is 7.03. The van der Waals surface area contributed by atoms with Crippen molar-refractivity contribution in [3.8, 4) is 0 Å². The maximum atomic E-state index is 2.73. The van der Waals surface area contributed by atoms with Crippen LogP contribution in [0.15, 0.2) is 72.8 Å². The quantitative estimate of drug-likeness (QED) is 0.605. The number of likely N-dealkylation sites (tertiary alicyclic amines) is 1. The van der Waals surface area contributed by atoms with Crippen molar-refractivity contribution < 1.29 is 0 Å². The van der Waals surface area contributed by atoms with Crippen molar-refractivity contribution in [3.05, 3.63) is 95.1 Å². The molecule has 2 nitrogen and oxygen atoms in total. The summed E-state index contributed by atoms with van der Waals surface area (Å²) in [5, 5.41) is 0. The zero-order valence-electron chi connectivity index (χ0n) is 16.9. The molecule has 3 aromatic carbocycles. The lowest BCUT2D eigenvalue weighted by molar-refractivity contribution is 0.199. The average Bonchev–Trinajstić information content (AvgIpc) is 3.01. The largest absolute Gasteiger partial charge is 0.337 e. The highest BCUT2D eigenvalue weighted by atomic mass is 15.2. The molecule has 0 aliphatic carbocycles. The molecule has 2 unspecified atom stereocenters. The van der Waals surface area contributed by atoms with E-state index in [4.69, 9.17) is 0 Å². The smallest absolute Gasteiger partial charge is 0.0483 e. The van der Waals surface area contributed by atoms with Crippen LogP contribution in [0.5, 0.6) is 0 Å². The van der Waals surface area contributed by atoms with Crippen molar-refractivity contribution in [3.63, 3.8) is 0 Å². The number of fused-ring (bicyclic) bond motifs is 5. The number of rotatable bonds is 3. The van der Waals surface area contributed by atoms with Crippen LogP contribution in [0.1, 0.15) is 34.6 Å². The van der Waals surface area contributed by atoms with Crippen LogP contribution in [-0.2, 0) is 19.3 Å². The third-order valence-corrected chi connectivity index (χ3v) is 7.26. The van der Waals surface area contributed by atoms with Gasteiger partial charge in [-0.2, -0.15) is 0 Å². The van der Waals surface area contributed by atoms with E-state index >= 15 is 0 Å². The Hall–Kier alpha value is -2.58. The first-order chi connectivity index (χ1) is 14.4. The first kappa shape index (κ1) is 17.3. The molecule has 6 rings (SSSR count).